The van der Waals surface area contributed by atoms with Crippen molar-refractivity contribution in [1.82, 2.24) is 0 Å². The van der Waals surface area contributed by atoms with E-state index in [4.69, 9.17) is 0 Å². The molecule has 0 bridgehead atoms. The van der Waals surface area contributed by atoms with E-state index in [-0.39, 0.29) is 0 Å². The lowest BCUT2D eigenvalue weighted by atomic mass is 9.95. The summed E-state index contributed by atoms with van der Waals surface area (Å²) in [5.41, 5.74) is 7.22. The minimum Gasteiger partial charge on any atom is -0.310 e. The molecule has 1 aromatic heterocycles. The van der Waals surface area contributed by atoms with Crippen molar-refractivity contribution in [2.75, 3.05) is 4.90 Å². The van der Waals surface area contributed by atoms with E-state index in [0.29, 0.717) is 0 Å². The average Bonchev–Trinajstić information content (AvgIpc) is 3.48. The van der Waals surface area contributed by atoms with Crippen molar-refractivity contribution in [3.8, 4) is 11.1 Å². The van der Waals surface area contributed by atoms with Crippen LogP contribution in [0.5, 0.6) is 0 Å². The van der Waals surface area contributed by atoms with E-state index >= 15 is 0 Å². The Hall–Kier alpha value is -5.44. The first-order chi connectivity index (χ1) is 22.2. The van der Waals surface area contributed by atoms with Gasteiger partial charge in [-0.1, -0.05) is 121 Å². The zero-order chi connectivity index (χ0) is 29.9. The summed E-state index contributed by atoms with van der Waals surface area (Å²) in [6, 6.07) is 57.9. The molecule has 0 spiro atoms. The van der Waals surface area contributed by atoms with Gasteiger partial charge in [0.1, 0.15) is 0 Å². The second-order valence-corrected chi connectivity index (χ2v) is 12.9. The molecule has 0 amide bonds. The van der Waals surface area contributed by atoms with Crippen molar-refractivity contribution in [1.29, 1.82) is 0 Å². The number of hydrogen-bond acceptors (Lipinski definition) is 2. The molecule has 0 saturated carbocycles. The van der Waals surface area contributed by atoms with Crippen LogP contribution in [-0.4, -0.2) is 0 Å². The number of thiophene rings is 1. The quantitative estimate of drug-likeness (QED) is 0.184. The van der Waals surface area contributed by atoms with Crippen molar-refractivity contribution in [2.24, 2.45) is 0 Å². The van der Waals surface area contributed by atoms with Crippen LogP contribution >= 0.6 is 11.3 Å². The Morgan fingerprint density at radius 2 is 1.13 bits per heavy atom. The van der Waals surface area contributed by atoms with Gasteiger partial charge in [-0.25, -0.2) is 0 Å². The lowest BCUT2D eigenvalue weighted by Crippen LogP contribution is -2.11. The summed E-state index contributed by atoms with van der Waals surface area (Å²) >= 11 is 1.88. The SMILES string of the molecule is Cc1cccc(N(c2ccc(-c3cccc4c3sc3ccccc34)cc2)c2cc3c4ccccc4ccc3c3ccccc23)c1. The first-order valence-electron chi connectivity index (χ1n) is 15.4. The molecule has 2 heteroatoms. The first kappa shape index (κ1) is 26.0. The van der Waals surface area contributed by atoms with Crippen LogP contribution < -0.4 is 4.90 Å². The molecule has 1 heterocycles. The number of aryl methyl sites for hydroxylation is 1. The number of fused-ring (bicyclic) bond motifs is 8. The van der Waals surface area contributed by atoms with E-state index in [0.717, 1.165) is 11.4 Å². The highest BCUT2D eigenvalue weighted by Gasteiger charge is 2.19. The monoisotopic (exact) mass is 591 g/mol. The second-order valence-electron chi connectivity index (χ2n) is 11.8. The predicted octanol–water partition coefficient (Wildman–Crippen LogP) is 13.0. The van der Waals surface area contributed by atoms with E-state index in [1.54, 1.807) is 0 Å². The van der Waals surface area contributed by atoms with E-state index < -0.39 is 0 Å². The van der Waals surface area contributed by atoms with Crippen LogP contribution in [0.2, 0.25) is 0 Å². The number of anilines is 3. The maximum Gasteiger partial charge on any atom is 0.0546 e. The van der Waals surface area contributed by atoms with Crippen molar-refractivity contribution < 1.29 is 0 Å². The van der Waals surface area contributed by atoms with Gasteiger partial charge in [-0.3, -0.25) is 0 Å². The van der Waals surface area contributed by atoms with Gasteiger partial charge in [-0.2, -0.15) is 0 Å². The predicted molar refractivity (Wildman–Crippen MR) is 197 cm³/mol. The summed E-state index contributed by atoms with van der Waals surface area (Å²) in [7, 11) is 0. The van der Waals surface area contributed by atoms with E-state index in [1.807, 2.05) is 11.3 Å². The zero-order valence-electron chi connectivity index (χ0n) is 24.9. The second kappa shape index (κ2) is 10.3. The van der Waals surface area contributed by atoms with E-state index in [9.17, 15) is 0 Å². The minimum atomic E-state index is 1.14. The number of rotatable bonds is 4. The van der Waals surface area contributed by atoms with Gasteiger partial charge in [0.25, 0.3) is 0 Å². The molecule has 212 valence electrons. The van der Waals surface area contributed by atoms with Crippen LogP contribution in [0.1, 0.15) is 5.56 Å². The first-order valence-corrected chi connectivity index (χ1v) is 16.3. The van der Waals surface area contributed by atoms with Gasteiger partial charge < -0.3 is 4.90 Å². The van der Waals surface area contributed by atoms with E-state index in [2.05, 4.69) is 170 Å². The van der Waals surface area contributed by atoms with Crippen molar-refractivity contribution in [3.05, 3.63) is 163 Å². The van der Waals surface area contributed by atoms with Crippen molar-refractivity contribution in [3.63, 3.8) is 0 Å². The Bertz CT molecular complexity index is 2560. The molecule has 9 aromatic rings. The lowest BCUT2D eigenvalue weighted by molar-refractivity contribution is 1.29. The summed E-state index contributed by atoms with van der Waals surface area (Å²) in [5.74, 6) is 0. The van der Waals surface area contributed by atoms with Crippen LogP contribution in [0.15, 0.2) is 158 Å². The van der Waals surface area contributed by atoms with Gasteiger partial charge in [0.05, 0.1) is 5.69 Å². The molecular weight excluding hydrogens is 563 g/mol. The van der Waals surface area contributed by atoms with Gasteiger partial charge >= 0.3 is 0 Å². The fraction of sp³-hybridized carbons (Fsp3) is 0.0233. The van der Waals surface area contributed by atoms with Crippen LogP contribution in [0.3, 0.4) is 0 Å². The fourth-order valence-corrected chi connectivity index (χ4v) is 8.22. The molecule has 1 nitrogen and oxygen atoms in total. The van der Waals surface area contributed by atoms with Crippen molar-refractivity contribution >= 4 is 80.9 Å². The topological polar surface area (TPSA) is 3.24 Å². The van der Waals surface area contributed by atoms with Crippen LogP contribution in [0.25, 0.3) is 63.6 Å². The van der Waals surface area contributed by atoms with Crippen molar-refractivity contribution in [2.45, 2.75) is 6.92 Å². The maximum absolute atomic E-state index is 2.43. The van der Waals surface area contributed by atoms with Crippen LogP contribution in [0, 0.1) is 6.92 Å². The largest absolute Gasteiger partial charge is 0.310 e. The lowest BCUT2D eigenvalue weighted by Gasteiger charge is -2.28. The summed E-state index contributed by atoms with van der Waals surface area (Å²) in [6.45, 7) is 2.17. The maximum atomic E-state index is 2.43. The molecule has 9 rings (SSSR count). The Labute approximate surface area is 266 Å². The molecule has 0 N–H and O–H groups in total. The minimum absolute atomic E-state index is 1.14. The third-order valence-corrected chi connectivity index (χ3v) is 10.3. The van der Waals surface area contributed by atoms with Crippen LogP contribution in [-0.2, 0) is 0 Å². The van der Waals surface area contributed by atoms with Gasteiger partial charge in [0.15, 0.2) is 0 Å². The van der Waals surface area contributed by atoms with Gasteiger partial charge in [-0.15, -0.1) is 11.3 Å². The zero-order valence-corrected chi connectivity index (χ0v) is 25.7. The fourth-order valence-electron chi connectivity index (χ4n) is 6.99. The van der Waals surface area contributed by atoms with Gasteiger partial charge in [-0.05, 0) is 86.9 Å². The molecule has 0 fully saturated rings. The highest BCUT2D eigenvalue weighted by molar-refractivity contribution is 7.26. The summed E-state index contributed by atoms with van der Waals surface area (Å²) < 4.78 is 2.67. The molecule has 0 aliphatic heterocycles. The van der Waals surface area contributed by atoms with E-state index in [1.165, 1.54) is 74.9 Å². The molecular formula is C43H29NS. The Balaban J connectivity index is 1.27. The number of nitrogens with zero attached hydrogens (tertiary/aromatic N) is 1. The Kier molecular flexibility index (Phi) is 5.97. The Morgan fingerprint density at radius 1 is 0.444 bits per heavy atom. The number of benzene rings is 8. The molecule has 8 aromatic carbocycles. The smallest absolute Gasteiger partial charge is 0.0546 e. The number of hydrogen-bond donors (Lipinski definition) is 0. The Morgan fingerprint density at radius 3 is 1.98 bits per heavy atom. The highest BCUT2D eigenvalue weighted by atomic mass is 32.1. The normalized spacial score (nSPS) is 11.7. The molecule has 0 unspecified atom stereocenters. The third kappa shape index (κ3) is 4.22. The average molecular weight is 592 g/mol. The van der Waals surface area contributed by atoms with Gasteiger partial charge in [0.2, 0.25) is 0 Å². The highest BCUT2D eigenvalue weighted by Crippen LogP contribution is 2.45. The summed E-state index contributed by atoms with van der Waals surface area (Å²) in [4.78, 5) is 2.43. The molecule has 0 aliphatic carbocycles. The van der Waals surface area contributed by atoms with Crippen LogP contribution in [0.4, 0.5) is 17.1 Å². The van der Waals surface area contributed by atoms with Gasteiger partial charge in [0, 0.05) is 36.9 Å². The standard InChI is InChI=1S/C43H29NS/c1-28-10-8-12-32(26-28)44(41-27-40-33-13-3-2-11-29(33)22-25-36(40)35-14-4-5-15-37(35)41)31-23-20-30(21-24-31)34-17-9-18-39-38-16-6-7-19-42(38)45-43(34)39/h2-27H,1H3. The summed E-state index contributed by atoms with van der Waals surface area (Å²) in [6.07, 6.45) is 0. The molecule has 45 heavy (non-hydrogen) atoms. The molecule has 0 atom stereocenters. The molecule has 0 aliphatic rings. The summed E-state index contributed by atoms with van der Waals surface area (Å²) in [5, 5.41) is 10.2. The third-order valence-electron chi connectivity index (χ3n) is 9.09. The molecule has 0 saturated heterocycles. The molecule has 0 radical (unpaired) electrons.